The maximum Gasteiger partial charge on any atom is 0.295 e. The molecule has 0 aromatic heterocycles. The minimum Gasteiger partial charge on any atom is -0.507 e. The van der Waals surface area contributed by atoms with Crippen LogP contribution in [0.25, 0.3) is 5.76 Å². The lowest BCUT2D eigenvalue weighted by Crippen LogP contribution is -2.38. The van der Waals surface area contributed by atoms with Gasteiger partial charge in [0.25, 0.3) is 11.7 Å². The number of ketones is 1. The van der Waals surface area contributed by atoms with Gasteiger partial charge in [-0.25, -0.2) is 0 Å². The number of nitrogens with zero attached hydrogens (tertiary/aromatic N) is 2. The zero-order chi connectivity index (χ0) is 25.7. The summed E-state index contributed by atoms with van der Waals surface area (Å²) in [6, 6.07) is 10.5. The Bertz CT molecular complexity index is 1120. The van der Waals surface area contributed by atoms with Gasteiger partial charge in [0, 0.05) is 31.7 Å². The van der Waals surface area contributed by atoms with Crippen molar-refractivity contribution < 1.29 is 34.0 Å². The van der Waals surface area contributed by atoms with Crippen LogP contribution in [0.15, 0.2) is 48.0 Å². The van der Waals surface area contributed by atoms with Crippen molar-refractivity contribution in [1.29, 1.82) is 0 Å². The van der Waals surface area contributed by atoms with Gasteiger partial charge in [-0.05, 0) is 55.3 Å². The number of carbonyl (C=O) groups is 2. The normalized spacial score (nSPS) is 20.1. The number of amides is 1. The molecule has 2 aliphatic heterocycles. The van der Waals surface area contributed by atoms with Crippen LogP contribution >= 0.6 is 0 Å². The van der Waals surface area contributed by atoms with E-state index in [0.717, 1.165) is 19.6 Å². The predicted molar refractivity (Wildman–Crippen MR) is 133 cm³/mol. The number of rotatable bonds is 9. The quantitative estimate of drug-likeness (QED) is 0.310. The summed E-state index contributed by atoms with van der Waals surface area (Å²) in [5.41, 5.74) is 0.970. The molecule has 0 bridgehead atoms. The van der Waals surface area contributed by atoms with Crippen molar-refractivity contribution in [3.63, 3.8) is 0 Å². The maximum absolute atomic E-state index is 13.2. The molecule has 2 N–H and O–H groups in total. The van der Waals surface area contributed by atoms with Crippen LogP contribution in [0.4, 0.5) is 0 Å². The Morgan fingerprint density at radius 3 is 2.47 bits per heavy atom. The second kappa shape index (κ2) is 11.5. The van der Waals surface area contributed by atoms with Crippen LogP contribution in [0.2, 0.25) is 0 Å². The molecule has 2 aromatic carbocycles. The van der Waals surface area contributed by atoms with E-state index in [1.165, 1.54) is 18.1 Å². The number of hydrogen-bond acceptors (Lipinski definition) is 8. The third-order valence-electron chi connectivity index (χ3n) is 6.48. The molecule has 0 spiro atoms. The number of Topliss-reactive ketones (excluding diaryl/α,β-unsaturated/α-hetero) is 1. The van der Waals surface area contributed by atoms with E-state index in [-0.39, 0.29) is 22.8 Å². The molecule has 1 amide bonds. The summed E-state index contributed by atoms with van der Waals surface area (Å²) in [6.07, 6.45) is 0.655. The van der Waals surface area contributed by atoms with E-state index in [9.17, 15) is 19.8 Å². The third kappa shape index (κ3) is 5.32. The highest BCUT2D eigenvalue weighted by Crippen LogP contribution is 2.42. The number of ether oxygens (including phenoxy) is 3. The van der Waals surface area contributed by atoms with E-state index in [1.54, 1.807) is 43.3 Å². The number of carbonyl (C=O) groups excluding carboxylic acids is 2. The van der Waals surface area contributed by atoms with E-state index in [4.69, 9.17) is 14.2 Å². The minimum absolute atomic E-state index is 0.00433. The molecule has 36 heavy (non-hydrogen) atoms. The summed E-state index contributed by atoms with van der Waals surface area (Å²) in [5.74, 6) is -0.860. The summed E-state index contributed by atoms with van der Waals surface area (Å²) in [6.45, 7) is 6.25. The predicted octanol–water partition coefficient (Wildman–Crippen LogP) is 2.94. The van der Waals surface area contributed by atoms with Crippen LogP contribution in [0.1, 0.15) is 30.5 Å². The largest absolute Gasteiger partial charge is 0.507 e. The molecule has 2 heterocycles. The lowest BCUT2D eigenvalue weighted by atomic mass is 9.95. The molecule has 2 aliphatic rings. The molecule has 2 fully saturated rings. The first-order valence-corrected chi connectivity index (χ1v) is 12.1. The molecule has 0 saturated carbocycles. The number of phenols is 1. The SMILES string of the molecule is CCOc1cc(C2/C(=C(/O)c3ccc(OC)cc3)C(=O)C(=O)N2CCCN2CCOCC2)ccc1O. The summed E-state index contributed by atoms with van der Waals surface area (Å²) >= 11 is 0. The molecular weight excluding hydrogens is 464 g/mol. The zero-order valence-electron chi connectivity index (χ0n) is 20.6. The average Bonchev–Trinajstić information content (AvgIpc) is 3.15. The van der Waals surface area contributed by atoms with Gasteiger partial charge in [0.2, 0.25) is 0 Å². The van der Waals surface area contributed by atoms with Crippen LogP contribution in [0, 0.1) is 0 Å². The van der Waals surface area contributed by atoms with Crippen LogP contribution in [-0.2, 0) is 14.3 Å². The van der Waals surface area contributed by atoms with E-state index in [2.05, 4.69) is 4.90 Å². The van der Waals surface area contributed by atoms with Gasteiger partial charge in [-0.15, -0.1) is 0 Å². The lowest BCUT2D eigenvalue weighted by Gasteiger charge is -2.29. The second-order valence-electron chi connectivity index (χ2n) is 8.69. The van der Waals surface area contributed by atoms with Crippen molar-refractivity contribution in [2.45, 2.75) is 19.4 Å². The van der Waals surface area contributed by atoms with Gasteiger partial charge in [-0.3, -0.25) is 14.5 Å². The summed E-state index contributed by atoms with van der Waals surface area (Å²) in [4.78, 5) is 30.2. The Morgan fingerprint density at radius 2 is 1.81 bits per heavy atom. The Morgan fingerprint density at radius 1 is 1.08 bits per heavy atom. The van der Waals surface area contributed by atoms with E-state index in [0.29, 0.717) is 49.7 Å². The monoisotopic (exact) mass is 496 g/mol. The van der Waals surface area contributed by atoms with E-state index >= 15 is 0 Å². The van der Waals surface area contributed by atoms with Crippen molar-refractivity contribution in [2.75, 3.05) is 53.1 Å². The fraction of sp³-hybridized carbons (Fsp3) is 0.407. The van der Waals surface area contributed by atoms with Crippen LogP contribution in [0.5, 0.6) is 17.2 Å². The van der Waals surface area contributed by atoms with Crippen LogP contribution in [-0.4, -0.2) is 84.8 Å². The number of morpholine rings is 1. The molecule has 192 valence electrons. The Kier molecular flexibility index (Phi) is 8.12. The number of phenolic OH excluding ortho intramolecular Hbond substituents is 1. The van der Waals surface area contributed by atoms with Crippen molar-refractivity contribution in [2.24, 2.45) is 0 Å². The minimum atomic E-state index is -0.823. The number of aliphatic hydroxyl groups is 1. The molecular formula is C27H32N2O7. The molecule has 0 aliphatic carbocycles. The van der Waals surface area contributed by atoms with E-state index < -0.39 is 17.7 Å². The van der Waals surface area contributed by atoms with Gasteiger partial charge < -0.3 is 29.3 Å². The standard InChI is InChI=1S/C27H32N2O7/c1-3-36-22-17-19(7-10-21(22)30)24-23(25(31)18-5-8-20(34-2)9-6-18)26(32)27(33)29(24)12-4-11-28-13-15-35-16-14-28/h5-10,17,24,30-31H,3-4,11-16H2,1-2H3/b25-23-. The molecule has 2 saturated heterocycles. The molecule has 9 nitrogen and oxygen atoms in total. The fourth-order valence-electron chi connectivity index (χ4n) is 4.62. The highest BCUT2D eigenvalue weighted by atomic mass is 16.5. The van der Waals surface area contributed by atoms with Crippen molar-refractivity contribution in [3.8, 4) is 17.2 Å². The Balaban J connectivity index is 1.71. The first-order valence-electron chi connectivity index (χ1n) is 12.1. The Hall–Kier alpha value is -3.56. The number of benzene rings is 2. The van der Waals surface area contributed by atoms with Crippen molar-refractivity contribution >= 4 is 17.4 Å². The van der Waals surface area contributed by atoms with E-state index in [1.807, 2.05) is 0 Å². The second-order valence-corrected chi connectivity index (χ2v) is 8.69. The number of aliphatic hydroxyl groups excluding tert-OH is 1. The topological polar surface area (TPSA) is 109 Å². The highest BCUT2D eigenvalue weighted by molar-refractivity contribution is 6.46. The number of likely N-dealkylation sites (tertiary alicyclic amines) is 1. The van der Waals surface area contributed by atoms with Gasteiger partial charge in [0.1, 0.15) is 11.5 Å². The maximum atomic E-state index is 13.2. The molecule has 4 rings (SSSR count). The fourth-order valence-corrected chi connectivity index (χ4v) is 4.62. The summed E-state index contributed by atoms with van der Waals surface area (Å²) < 4.78 is 16.1. The van der Waals surface area contributed by atoms with Gasteiger partial charge in [0.05, 0.1) is 38.5 Å². The molecule has 9 heteroatoms. The van der Waals surface area contributed by atoms with Gasteiger partial charge >= 0.3 is 0 Å². The highest BCUT2D eigenvalue weighted by Gasteiger charge is 2.46. The molecule has 1 atom stereocenters. The zero-order valence-corrected chi connectivity index (χ0v) is 20.6. The van der Waals surface area contributed by atoms with Crippen molar-refractivity contribution in [3.05, 3.63) is 59.2 Å². The summed E-state index contributed by atoms with van der Waals surface area (Å²) in [7, 11) is 1.54. The number of methoxy groups -OCH3 is 1. The van der Waals surface area contributed by atoms with Gasteiger partial charge in [0.15, 0.2) is 11.5 Å². The first-order chi connectivity index (χ1) is 17.4. The number of aromatic hydroxyl groups is 1. The molecule has 1 unspecified atom stereocenters. The first kappa shape index (κ1) is 25.5. The number of hydrogen-bond donors (Lipinski definition) is 2. The van der Waals surface area contributed by atoms with Gasteiger partial charge in [-0.2, -0.15) is 0 Å². The average molecular weight is 497 g/mol. The lowest BCUT2D eigenvalue weighted by molar-refractivity contribution is -0.140. The third-order valence-corrected chi connectivity index (χ3v) is 6.48. The van der Waals surface area contributed by atoms with Crippen molar-refractivity contribution in [1.82, 2.24) is 9.80 Å². The smallest absolute Gasteiger partial charge is 0.295 e. The van der Waals surface area contributed by atoms with Crippen LogP contribution < -0.4 is 9.47 Å². The van der Waals surface area contributed by atoms with Gasteiger partial charge in [-0.1, -0.05) is 6.07 Å². The van der Waals surface area contributed by atoms with Crippen LogP contribution in [0.3, 0.4) is 0 Å². The molecule has 0 radical (unpaired) electrons. The Labute approximate surface area is 210 Å². The summed E-state index contributed by atoms with van der Waals surface area (Å²) in [5, 5.41) is 21.4. The molecule has 2 aromatic rings.